The van der Waals surface area contributed by atoms with Crippen LogP contribution >= 0.6 is 0 Å². The Morgan fingerprint density at radius 2 is 2.05 bits per heavy atom. The van der Waals surface area contributed by atoms with E-state index in [1.807, 2.05) is 12.2 Å². The van der Waals surface area contributed by atoms with E-state index >= 15 is 0 Å². The van der Waals surface area contributed by atoms with Gasteiger partial charge in [0.25, 0.3) is 0 Å². The first kappa shape index (κ1) is 13.6. The maximum atomic E-state index is 12.0. The van der Waals surface area contributed by atoms with Crippen LogP contribution in [-0.2, 0) is 14.3 Å². The fourth-order valence-electron chi connectivity index (χ4n) is 4.57. The minimum atomic E-state index is -0.675. The van der Waals surface area contributed by atoms with Crippen LogP contribution in [0.5, 0.6) is 0 Å². The fraction of sp³-hybridized carbons (Fsp3) is 0.647. The third-order valence-corrected chi connectivity index (χ3v) is 5.45. The van der Waals surface area contributed by atoms with Gasteiger partial charge in [-0.3, -0.25) is 9.59 Å². The van der Waals surface area contributed by atoms with Crippen molar-refractivity contribution in [1.82, 2.24) is 0 Å². The van der Waals surface area contributed by atoms with Gasteiger partial charge in [0.1, 0.15) is 6.29 Å². The minimum absolute atomic E-state index is 0.113. The van der Waals surface area contributed by atoms with Crippen LogP contribution in [0, 0.1) is 11.3 Å². The molecule has 0 N–H and O–H groups in total. The average Bonchev–Trinajstić information content (AvgIpc) is 2.79. The number of esters is 1. The number of aldehydes is 1. The molecule has 0 bridgehead atoms. The molecule has 3 aliphatic rings. The van der Waals surface area contributed by atoms with Gasteiger partial charge in [-0.05, 0) is 49.8 Å². The Morgan fingerprint density at radius 1 is 1.25 bits per heavy atom. The number of carbonyl (C=O) groups is 2. The molecule has 2 fully saturated rings. The Kier molecular flexibility index (Phi) is 3.53. The van der Waals surface area contributed by atoms with E-state index in [1.54, 1.807) is 0 Å². The van der Waals surface area contributed by atoms with Crippen molar-refractivity contribution in [3.8, 4) is 0 Å². The third kappa shape index (κ3) is 1.95. The van der Waals surface area contributed by atoms with Crippen LogP contribution in [0.15, 0.2) is 24.3 Å². The van der Waals surface area contributed by atoms with E-state index in [-0.39, 0.29) is 11.4 Å². The zero-order valence-electron chi connectivity index (χ0n) is 11.8. The van der Waals surface area contributed by atoms with Gasteiger partial charge in [0.05, 0.1) is 6.42 Å². The Bertz CT molecular complexity index is 459. The van der Waals surface area contributed by atoms with Crippen LogP contribution in [0.2, 0.25) is 0 Å². The Balaban J connectivity index is 2.03. The Labute approximate surface area is 120 Å². The predicted molar refractivity (Wildman–Crippen MR) is 76.0 cm³/mol. The monoisotopic (exact) mass is 274 g/mol. The summed E-state index contributed by atoms with van der Waals surface area (Å²) in [4.78, 5) is 22.8. The summed E-state index contributed by atoms with van der Waals surface area (Å²) in [6.45, 7) is 0. The van der Waals surface area contributed by atoms with Gasteiger partial charge >= 0.3 is 5.97 Å². The third-order valence-electron chi connectivity index (χ3n) is 5.45. The number of rotatable bonds is 3. The van der Waals surface area contributed by atoms with Gasteiger partial charge in [0.15, 0.2) is 5.60 Å². The smallest absolute Gasteiger partial charge is 0.307 e. The Hall–Kier alpha value is -1.38. The first-order valence-corrected chi connectivity index (χ1v) is 7.75. The number of carbonyl (C=O) groups excluding carboxylic acids is 2. The molecule has 3 heteroatoms. The molecule has 0 spiro atoms. The van der Waals surface area contributed by atoms with Crippen LogP contribution in [0.4, 0.5) is 0 Å². The molecule has 0 aromatic rings. The van der Waals surface area contributed by atoms with Crippen molar-refractivity contribution in [2.24, 2.45) is 11.3 Å². The molecule has 1 saturated carbocycles. The number of allylic oxidation sites excluding steroid dienone is 2. The number of hydrogen-bond donors (Lipinski definition) is 0. The van der Waals surface area contributed by atoms with Crippen molar-refractivity contribution < 1.29 is 14.3 Å². The molecule has 0 amide bonds. The summed E-state index contributed by atoms with van der Waals surface area (Å²) < 4.78 is 5.74. The van der Waals surface area contributed by atoms with Gasteiger partial charge in [0, 0.05) is 5.41 Å². The zero-order valence-corrected chi connectivity index (χ0v) is 11.8. The van der Waals surface area contributed by atoms with E-state index in [2.05, 4.69) is 6.08 Å². The lowest BCUT2D eigenvalue weighted by molar-refractivity contribution is -0.144. The van der Waals surface area contributed by atoms with Crippen LogP contribution in [0.1, 0.15) is 51.4 Å². The van der Waals surface area contributed by atoms with Gasteiger partial charge in [-0.25, -0.2) is 0 Å². The highest BCUT2D eigenvalue weighted by molar-refractivity contribution is 5.76. The summed E-state index contributed by atoms with van der Waals surface area (Å²) in [5.41, 5.74) is -0.802. The molecule has 3 nitrogen and oxygen atoms in total. The number of fused-ring (bicyclic) bond motifs is 1. The zero-order chi connectivity index (χ0) is 14.1. The van der Waals surface area contributed by atoms with E-state index in [1.165, 1.54) is 38.2 Å². The van der Waals surface area contributed by atoms with E-state index in [9.17, 15) is 9.59 Å². The van der Waals surface area contributed by atoms with Gasteiger partial charge < -0.3 is 4.74 Å². The highest BCUT2D eigenvalue weighted by Crippen LogP contribution is 2.59. The molecule has 2 aliphatic carbocycles. The van der Waals surface area contributed by atoms with Crippen molar-refractivity contribution in [2.45, 2.75) is 57.0 Å². The maximum absolute atomic E-state index is 12.0. The molecule has 1 saturated heterocycles. The van der Waals surface area contributed by atoms with Crippen LogP contribution in [0.25, 0.3) is 0 Å². The highest BCUT2D eigenvalue weighted by Gasteiger charge is 2.61. The summed E-state index contributed by atoms with van der Waals surface area (Å²) in [5.74, 6) is 0.418. The van der Waals surface area contributed by atoms with Crippen molar-refractivity contribution in [3.05, 3.63) is 24.3 Å². The fourth-order valence-corrected chi connectivity index (χ4v) is 4.57. The predicted octanol–water partition coefficient (Wildman–Crippen LogP) is 3.34. The van der Waals surface area contributed by atoms with Crippen molar-refractivity contribution in [2.75, 3.05) is 0 Å². The van der Waals surface area contributed by atoms with Gasteiger partial charge in [-0.2, -0.15) is 0 Å². The lowest BCUT2D eigenvalue weighted by Gasteiger charge is -2.48. The summed E-state index contributed by atoms with van der Waals surface area (Å²) in [5, 5.41) is 0. The SMILES string of the molecule is O=C/C=C/[C@]12C=CCC[C@@]1(C1CCCCC1)CC(=O)O2. The molecule has 1 heterocycles. The van der Waals surface area contributed by atoms with E-state index < -0.39 is 5.60 Å². The first-order chi connectivity index (χ1) is 9.72. The van der Waals surface area contributed by atoms with E-state index in [4.69, 9.17) is 4.74 Å². The van der Waals surface area contributed by atoms with Crippen molar-refractivity contribution in [1.29, 1.82) is 0 Å². The standard InChI is InChI=1S/C17H22O3/c18-12-6-11-17-10-5-4-9-16(17,13-15(19)20-17)14-7-2-1-3-8-14/h5-6,10-12,14H,1-4,7-9,13H2/b11-6+/t16-,17+/m0/s1. The average molecular weight is 274 g/mol. The summed E-state index contributed by atoms with van der Waals surface area (Å²) in [7, 11) is 0. The minimum Gasteiger partial charge on any atom is -0.450 e. The Morgan fingerprint density at radius 3 is 2.80 bits per heavy atom. The van der Waals surface area contributed by atoms with Crippen LogP contribution < -0.4 is 0 Å². The second kappa shape index (κ2) is 5.19. The molecule has 1 aliphatic heterocycles. The van der Waals surface area contributed by atoms with E-state index in [0.717, 1.165) is 19.1 Å². The highest BCUT2D eigenvalue weighted by atomic mass is 16.6. The molecule has 3 rings (SSSR count). The van der Waals surface area contributed by atoms with Crippen LogP contribution in [-0.4, -0.2) is 17.9 Å². The van der Waals surface area contributed by atoms with Gasteiger partial charge in [0.2, 0.25) is 0 Å². The largest absolute Gasteiger partial charge is 0.450 e. The molecular formula is C17H22O3. The molecule has 108 valence electrons. The molecular weight excluding hydrogens is 252 g/mol. The normalized spacial score (nSPS) is 37.9. The summed E-state index contributed by atoms with van der Waals surface area (Å²) in [6.07, 6.45) is 16.9. The van der Waals surface area contributed by atoms with Gasteiger partial charge in [-0.15, -0.1) is 0 Å². The maximum Gasteiger partial charge on any atom is 0.307 e. The lowest BCUT2D eigenvalue weighted by atomic mass is 9.56. The van der Waals surface area contributed by atoms with Crippen molar-refractivity contribution >= 4 is 12.3 Å². The lowest BCUT2D eigenvalue weighted by Crippen LogP contribution is -2.49. The number of hydrogen-bond acceptors (Lipinski definition) is 3. The molecule has 0 aromatic heterocycles. The second-order valence-corrected chi connectivity index (χ2v) is 6.37. The second-order valence-electron chi connectivity index (χ2n) is 6.37. The number of ether oxygens (including phenoxy) is 1. The quantitative estimate of drug-likeness (QED) is 0.343. The molecule has 20 heavy (non-hydrogen) atoms. The molecule has 0 unspecified atom stereocenters. The molecule has 0 radical (unpaired) electrons. The van der Waals surface area contributed by atoms with E-state index in [0.29, 0.717) is 12.3 Å². The van der Waals surface area contributed by atoms with Crippen LogP contribution in [0.3, 0.4) is 0 Å². The van der Waals surface area contributed by atoms with Crippen molar-refractivity contribution in [3.63, 3.8) is 0 Å². The first-order valence-electron chi connectivity index (χ1n) is 7.75. The van der Waals surface area contributed by atoms with Gasteiger partial charge in [-0.1, -0.05) is 25.3 Å². The molecule has 0 aromatic carbocycles. The summed E-state index contributed by atoms with van der Waals surface area (Å²) >= 11 is 0. The molecule has 2 atom stereocenters. The topological polar surface area (TPSA) is 43.4 Å². The summed E-state index contributed by atoms with van der Waals surface area (Å²) in [6, 6.07) is 0.